The number of nitrogens with zero attached hydrogens (tertiary/aromatic N) is 4. The zero-order valence-corrected chi connectivity index (χ0v) is 21.2. The van der Waals surface area contributed by atoms with Gasteiger partial charge in [0.2, 0.25) is 5.82 Å². The lowest BCUT2D eigenvalue weighted by Gasteiger charge is -2.22. The zero-order chi connectivity index (χ0) is 26.1. The number of carbonyl (C=O) groups is 1. The molecule has 5 rings (SSSR count). The fourth-order valence-corrected chi connectivity index (χ4v) is 4.85. The van der Waals surface area contributed by atoms with Crippen molar-refractivity contribution in [3.05, 3.63) is 71.7 Å². The van der Waals surface area contributed by atoms with Crippen molar-refractivity contribution in [2.75, 3.05) is 13.7 Å². The molecule has 1 atom stereocenters. The highest BCUT2D eigenvalue weighted by atomic mass is 19.1. The number of hydrogen-bond donors (Lipinski definition) is 0. The van der Waals surface area contributed by atoms with Crippen molar-refractivity contribution in [3.63, 3.8) is 0 Å². The quantitative estimate of drug-likeness (QED) is 0.333. The minimum Gasteiger partial charge on any atom is -0.494 e. The van der Waals surface area contributed by atoms with Crippen molar-refractivity contribution in [2.45, 2.75) is 39.7 Å². The van der Waals surface area contributed by atoms with Crippen LogP contribution in [-0.4, -0.2) is 38.8 Å². The predicted octanol–water partition coefficient (Wildman–Crippen LogP) is 5.64. The summed E-state index contributed by atoms with van der Waals surface area (Å²) < 4.78 is 27.5. The molecule has 4 aromatic rings. The van der Waals surface area contributed by atoms with Crippen LogP contribution < -0.4 is 9.47 Å². The zero-order valence-electron chi connectivity index (χ0n) is 21.2. The van der Waals surface area contributed by atoms with Crippen molar-refractivity contribution in [1.82, 2.24) is 19.3 Å². The third-order valence-corrected chi connectivity index (χ3v) is 6.59. The number of carbonyl (C=O) groups excluding carboxylic acids is 1. The Morgan fingerprint density at radius 3 is 2.62 bits per heavy atom. The Hall–Kier alpha value is -4.38. The Bertz CT molecular complexity index is 1550. The molecule has 1 saturated heterocycles. The number of benzene rings is 2. The van der Waals surface area contributed by atoms with Gasteiger partial charge in [0.15, 0.2) is 11.5 Å². The first kappa shape index (κ1) is 24.3. The number of hydrogen-bond acceptors (Lipinski definition) is 5. The van der Waals surface area contributed by atoms with E-state index in [1.165, 1.54) is 7.11 Å². The SMILES string of the molecule is CC#CC(=O)N1CCC[C@H]1c1nc(-c2ccc(Oc3cccc(OC)c3F)cc2)c2c(C)ncc(C)n12. The van der Waals surface area contributed by atoms with E-state index in [0.717, 1.165) is 46.8 Å². The van der Waals surface area contributed by atoms with Gasteiger partial charge in [0.05, 0.1) is 30.1 Å². The number of likely N-dealkylation sites (tertiary alicyclic amines) is 1. The number of fused-ring (bicyclic) bond motifs is 1. The minimum atomic E-state index is -0.556. The van der Waals surface area contributed by atoms with Crippen molar-refractivity contribution >= 4 is 11.4 Å². The van der Waals surface area contributed by atoms with Crippen molar-refractivity contribution < 1.29 is 18.7 Å². The van der Waals surface area contributed by atoms with E-state index < -0.39 is 5.82 Å². The number of methoxy groups -OCH3 is 1. The van der Waals surface area contributed by atoms with E-state index in [1.54, 1.807) is 37.3 Å². The van der Waals surface area contributed by atoms with Gasteiger partial charge in [-0.3, -0.25) is 14.2 Å². The summed E-state index contributed by atoms with van der Waals surface area (Å²) in [6.07, 6.45) is 3.53. The minimum absolute atomic E-state index is 0.0821. The van der Waals surface area contributed by atoms with E-state index in [-0.39, 0.29) is 23.4 Å². The second-order valence-corrected chi connectivity index (χ2v) is 8.92. The van der Waals surface area contributed by atoms with E-state index in [2.05, 4.69) is 21.2 Å². The Kier molecular flexibility index (Phi) is 6.53. The molecule has 2 aromatic carbocycles. The smallest absolute Gasteiger partial charge is 0.299 e. The molecule has 0 aliphatic carbocycles. The topological polar surface area (TPSA) is 69.0 Å². The summed E-state index contributed by atoms with van der Waals surface area (Å²) in [7, 11) is 1.41. The summed E-state index contributed by atoms with van der Waals surface area (Å²) in [6, 6.07) is 11.9. The van der Waals surface area contributed by atoms with Crippen LogP contribution in [-0.2, 0) is 4.79 Å². The molecule has 1 aliphatic heterocycles. The summed E-state index contributed by atoms with van der Waals surface area (Å²) in [5.41, 5.74) is 4.29. The molecule has 0 bridgehead atoms. The highest BCUT2D eigenvalue weighted by molar-refractivity contribution is 5.94. The van der Waals surface area contributed by atoms with Crippen molar-refractivity contribution in [3.8, 4) is 40.3 Å². The monoisotopic (exact) mass is 498 g/mol. The maximum Gasteiger partial charge on any atom is 0.299 e. The number of ether oxygens (including phenoxy) is 2. The molecule has 0 N–H and O–H groups in total. The van der Waals surface area contributed by atoms with Gasteiger partial charge in [-0.05, 0) is 75.9 Å². The first-order valence-electron chi connectivity index (χ1n) is 12.1. The molecule has 7 nitrogen and oxygen atoms in total. The van der Waals surface area contributed by atoms with Gasteiger partial charge in [0, 0.05) is 24.0 Å². The first-order chi connectivity index (χ1) is 17.9. The lowest BCUT2D eigenvalue weighted by Crippen LogP contribution is -2.30. The van der Waals surface area contributed by atoms with Gasteiger partial charge in [0.25, 0.3) is 5.91 Å². The molecule has 0 unspecified atom stereocenters. The van der Waals surface area contributed by atoms with Gasteiger partial charge in [0.1, 0.15) is 11.6 Å². The maximum absolute atomic E-state index is 14.5. The normalized spacial score (nSPS) is 14.9. The highest BCUT2D eigenvalue weighted by Crippen LogP contribution is 2.37. The first-order valence-corrected chi connectivity index (χ1v) is 12.1. The Balaban J connectivity index is 1.55. The van der Waals surface area contributed by atoms with Gasteiger partial charge < -0.3 is 14.4 Å². The van der Waals surface area contributed by atoms with Gasteiger partial charge in [-0.2, -0.15) is 4.39 Å². The Labute approximate surface area is 214 Å². The largest absolute Gasteiger partial charge is 0.494 e. The van der Waals surface area contributed by atoms with Crippen molar-refractivity contribution in [1.29, 1.82) is 0 Å². The second kappa shape index (κ2) is 9.94. The predicted molar refractivity (Wildman–Crippen MR) is 138 cm³/mol. The van der Waals surface area contributed by atoms with Gasteiger partial charge in [-0.1, -0.05) is 12.0 Å². The summed E-state index contributed by atoms with van der Waals surface area (Å²) in [5, 5.41) is 0. The number of rotatable bonds is 5. The average Bonchev–Trinajstić information content (AvgIpc) is 3.54. The maximum atomic E-state index is 14.5. The van der Waals surface area contributed by atoms with Crippen LogP contribution in [0.2, 0.25) is 0 Å². The number of aromatic nitrogens is 3. The van der Waals surface area contributed by atoms with Crippen molar-refractivity contribution in [2.24, 2.45) is 0 Å². The highest BCUT2D eigenvalue weighted by Gasteiger charge is 2.34. The van der Waals surface area contributed by atoms with Crippen LogP contribution in [0, 0.1) is 31.5 Å². The third kappa shape index (κ3) is 4.38. The Morgan fingerprint density at radius 2 is 1.89 bits per heavy atom. The molecule has 1 amide bonds. The molecule has 0 spiro atoms. The second-order valence-electron chi connectivity index (χ2n) is 8.92. The van der Waals surface area contributed by atoms with Crippen LogP contribution in [0.25, 0.3) is 16.8 Å². The summed E-state index contributed by atoms with van der Waals surface area (Å²) in [6.45, 7) is 6.26. The van der Waals surface area contributed by atoms with E-state index >= 15 is 0 Å². The fraction of sp³-hybridized carbons (Fsp3) is 0.276. The fourth-order valence-electron chi connectivity index (χ4n) is 4.85. The van der Waals surface area contributed by atoms with E-state index in [9.17, 15) is 9.18 Å². The number of halogens is 1. The summed E-state index contributed by atoms with van der Waals surface area (Å²) in [4.78, 5) is 24.2. The van der Waals surface area contributed by atoms with Gasteiger partial charge in [-0.15, -0.1) is 0 Å². The van der Waals surface area contributed by atoms with Crippen LogP contribution in [0.5, 0.6) is 17.2 Å². The van der Waals surface area contributed by atoms with Crippen LogP contribution in [0.3, 0.4) is 0 Å². The molecule has 0 radical (unpaired) electrons. The number of amides is 1. The molecule has 1 fully saturated rings. The molecule has 0 saturated carbocycles. The molecular weight excluding hydrogens is 471 g/mol. The molecule has 8 heteroatoms. The summed E-state index contributed by atoms with van der Waals surface area (Å²) in [5.74, 6) is 6.14. The van der Waals surface area contributed by atoms with E-state index in [1.807, 2.05) is 37.1 Å². The average molecular weight is 499 g/mol. The van der Waals surface area contributed by atoms with Crippen LogP contribution >= 0.6 is 0 Å². The lowest BCUT2D eigenvalue weighted by molar-refractivity contribution is -0.126. The van der Waals surface area contributed by atoms with E-state index in [4.69, 9.17) is 14.5 Å². The van der Waals surface area contributed by atoms with Crippen LogP contribution in [0.1, 0.15) is 43.0 Å². The molecular formula is C29H27FN4O3. The molecule has 2 aromatic heterocycles. The Morgan fingerprint density at radius 1 is 1.14 bits per heavy atom. The van der Waals surface area contributed by atoms with Crippen LogP contribution in [0.15, 0.2) is 48.7 Å². The lowest BCUT2D eigenvalue weighted by atomic mass is 10.1. The summed E-state index contributed by atoms with van der Waals surface area (Å²) >= 11 is 0. The standard InChI is InChI=1S/C29H27FN4O3/c1-5-8-25(35)33-16-7-9-22(33)29-32-27(28-19(3)31-17-18(2)34(28)29)20-12-14-21(15-13-20)37-24-11-6-10-23(36-4)26(24)30/h6,10-15,17,22H,7,9,16H2,1-4H3/t22-/m0/s1. The molecule has 3 heterocycles. The molecule has 188 valence electrons. The molecule has 1 aliphatic rings. The number of aryl methyl sites for hydroxylation is 2. The van der Waals surface area contributed by atoms with Crippen LogP contribution in [0.4, 0.5) is 4.39 Å². The molecule has 37 heavy (non-hydrogen) atoms. The van der Waals surface area contributed by atoms with Gasteiger partial charge in [-0.25, -0.2) is 4.98 Å². The third-order valence-electron chi connectivity index (χ3n) is 6.59. The number of imidazole rings is 1. The van der Waals surface area contributed by atoms with E-state index in [0.29, 0.717) is 12.3 Å². The van der Waals surface area contributed by atoms with Gasteiger partial charge >= 0.3 is 0 Å².